The van der Waals surface area contributed by atoms with Gasteiger partial charge in [0, 0.05) is 38.1 Å². The minimum Gasteiger partial charge on any atom is -0.366 e. The Kier molecular flexibility index (Phi) is 4.93. The Morgan fingerprint density at radius 3 is 2.92 bits per heavy atom. The summed E-state index contributed by atoms with van der Waals surface area (Å²) in [5.41, 5.74) is 1.22. The standard InChI is InChI=1S/C16H19N5O3S/c1-21(13-4-6-25(23,24)10-13)16(22)14-7-15(20-11-19-14)18-9-12-3-2-5-17-8-12/h2-3,5,7-8,11,13H,4,6,9-10H2,1H3,(H,18,19,20). The van der Waals surface area contributed by atoms with Crippen LogP contribution in [0.1, 0.15) is 22.5 Å². The second kappa shape index (κ2) is 7.14. The van der Waals surface area contributed by atoms with E-state index in [9.17, 15) is 13.2 Å². The summed E-state index contributed by atoms with van der Waals surface area (Å²) in [6.07, 6.45) is 5.22. The Labute approximate surface area is 146 Å². The molecule has 1 amide bonds. The molecule has 3 rings (SSSR count). The molecule has 3 heterocycles. The number of nitrogens with zero attached hydrogens (tertiary/aromatic N) is 4. The summed E-state index contributed by atoms with van der Waals surface area (Å²) in [4.78, 5) is 26.2. The van der Waals surface area contributed by atoms with Crippen molar-refractivity contribution in [2.24, 2.45) is 0 Å². The molecule has 0 saturated carbocycles. The zero-order valence-electron chi connectivity index (χ0n) is 13.8. The van der Waals surface area contributed by atoms with E-state index in [1.807, 2.05) is 12.1 Å². The molecule has 1 atom stereocenters. The minimum absolute atomic E-state index is 0.00639. The SMILES string of the molecule is CN(C(=O)c1cc(NCc2cccnc2)ncn1)C1CCS(=O)(=O)C1. The van der Waals surface area contributed by atoms with Crippen LogP contribution in [0.4, 0.5) is 5.82 Å². The predicted molar refractivity (Wildman–Crippen MR) is 92.7 cm³/mol. The van der Waals surface area contributed by atoms with Gasteiger partial charge in [-0.3, -0.25) is 9.78 Å². The monoisotopic (exact) mass is 361 g/mol. The molecular formula is C16H19N5O3S. The van der Waals surface area contributed by atoms with Gasteiger partial charge in [-0.05, 0) is 18.1 Å². The molecule has 2 aromatic heterocycles. The number of sulfone groups is 1. The highest BCUT2D eigenvalue weighted by molar-refractivity contribution is 7.91. The number of hydrogen-bond donors (Lipinski definition) is 1. The van der Waals surface area contributed by atoms with E-state index < -0.39 is 9.84 Å². The summed E-state index contributed by atoms with van der Waals surface area (Å²) in [6.45, 7) is 0.523. The molecule has 8 nitrogen and oxygen atoms in total. The van der Waals surface area contributed by atoms with Gasteiger partial charge in [0.2, 0.25) is 0 Å². The first-order chi connectivity index (χ1) is 11.9. The van der Waals surface area contributed by atoms with Crippen molar-refractivity contribution in [1.82, 2.24) is 19.9 Å². The van der Waals surface area contributed by atoms with Gasteiger partial charge in [-0.1, -0.05) is 6.07 Å². The fourth-order valence-electron chi connectivity index (χ4n) is 2.69. The lowest BCUT2D eigenvalue weighted by Gasteiger charge is -2.23. The van der Waals surface area contributed by atoms with Crippen molar-refractivity contribution in [2.45, 2.75) is 19.0 Å². The van der Waals surface area contributed by atoms with Crippen molar-refractivity contribution in [3.63, 3.8) is 0 Å². The van der Waals surface area contributed by atoms with Crippen LogP contribution in [0.2, 0.25) is 0 Å². The van der Waals surface area contributed by atoms with Crippen molar-refractivity contribution in [2.75, 3.05) is 23.9 Å². The van der Waals surface area contributed by atoms with Gasteiger partial charge >= 0.3 is 0 Å². The topological polar surface area (TPSA) is 105 Å². The summed E-state index contributed by atoms with van der Waals surface area (Å²) in [6, 6.07) is 5.04. The highest BCUT2D eigenvalue weighted by Gasteiger charge is 2.33. The molecule has 0 aliphatic carbocycles. The van der Waals surface area contributed by atoms with Gasteiger partial charge < -0.3 is 10.2 Å². The van der Waals surface area contributed by atoms with Gasteiger partial charge in [0.25, 0.3) is 5.91 Å². The number of hydrogen-bond acceptors (Lipinski definition) is 7. The van der Waals surface area contributed by atoms with Gasteiger partial charge in [-0.25, -0.2) is 18.4 Å². The Balaban J connectivity index is 1.67. The van der Waals surface area contributed by atoms with E-state index in [4.69, 9.17) is 0 Å². The molecule has 1 fully saturated rings. The first-order valence-corrected chi connectivity index (χ1v) is 9.69. The van der Waals surface area contributed by atoms with Crippen molar-refractivity contribution in [3.8, 4) is 0 Å². The summed E-state index contributed by atoms with van der Waals surface area (Å²) in [5.74, 6) is 0.340. The van der Waals surface area contributed by atoms with E-state index in [0.29, 0.717) is 18.8 Å². The average Bonchev–Trinajstić information content (AvgIpc) is 3.00. The molecule has 0 bridgehead atoms. The van der Waals surface area contributed by atoms with Crippen molar-refractivity contribution < 1.29 is 13.2 Å². The van der Waals surface area contributed by atoms with Gasteiger partial charge in [-0.2, -0.15) is 0 Å². The normalized spacial score (nSPS) is 18.7. The maximum atomic E-state index is 12.6. The molecule has 1 unspecified atom stereocenters. The molecular weight excluding hydrogens is 342 g/mol. The highest BCUT2D eigenvalue weighted by atomic mass is 32.2. The van der Waals surface area contributed by atoms with E-state index in [1.165, 1.54) is 11.2 Å². The second-order valence-electron chi connectivity index (χ2n) is 5.98. The van der Waals surface area contributed by atoms with Crippen molar-refractivity contribution in [3.05, 3.63) is 48.2 Å². The third kappa shape index (κ3) is 4.30. The molecule has 1 saturated heterocycles. The van der Waals surface area contributed by atoms with E-state index >= 15 is 0 Å². The van der Waals surface area contributed by atoms with Crippen LogP contribution in [0.3, 0.4) is 0 Å². The van der Waals surface area contributed by atoms with Crippen LogP contribution in [0.25, 0.3) is 0 Å². The lowest BCUT2D eigenvalue weighted by molar-refractivity contribution is 0.0741. The number of carbonyl (C=O) groups excluding carboxylic acids is 1. The number of rotatable bonds is 5. The molecule has 25 heavy (non-hydrogen) atoms. The molecule has 1 aliphatic rings. The Bertz CT molecular complexity index is 857. The molecule has 132 valence electrons. The largest absolute Gasteiger partial charge is 0.366 e. The number of anilines is 1. The minimum atomic E-state index is -3.05. The van der Waals surface area contributed by atoms with Crippen LogP contribution in [0.5, 0.6) is 0 Å². The lowest BCUT2D eigenvalue weighted by Crippen LogP contribution is -2.38. The molecule has 9 heteroatoms. The third-order valence-electron chi connectivity index (χ3n) is 4.16. The molecule has 2 aromatic rings. The van der Waals surface area contributed by atoms with Crippen LogP contribution in [0, 0.1) is 0 Å². The fourth-order valence-corrected chi connectivity index (χ4v) is 4.47. The zero-order valence-corrected chi connectivity index (χ0v) is 14.6. The van der Waals surface area contributed by atoms with Gasteiger partial charge in [0.1, 0.15) is 17.8 Å². The van der Waals surface area contributed by atoms with Crippen LogP contribution in [-0.4, -0.2) is 58.8 Å². The summed E-state index contributed by atoms with van der Waals surface area (Å²) in [5, 5.41) is 3.12. The molecule has 0 spiro atoms. The average molecular weight is 361 g/mol. The van der Waals surface area contributed by atoms with Crippen molar-refractivity contribution in [1.29, 1.82) is 0 Å². The Morgan fingerprint density at radius 2 is 2.24 bits per heavy atom. The smallest absolute Gasteiger partial charge is 0.272 e. The first-order valence-electron chi connectivity index (χ1n) is 7.87. The number of amides is 1. The van der Waals surface area contributed by atoms with Gasteiger partial charge in [-0.15, -0.1) is 0 Å². The molecule has 1 N–H and O–H groups in total. The molecule has 1 aliphatic heterocycles. The second-order valence-corrected chi connectivity index (χ2v) is 8.20. The number of nitrogens with one attached hydrogen (secondary N) is 1. The third-order valence-corrected chi connectivity index (χ3v) is 5.91. The zero-order chi connectivity index (χ0) is 17.9. The van der Waals surface area contributed by atoms with Crippen LogP contribution in [-0.2, 0) is 16.4 Å². The summed E-state index contributed by atoms with van der Waals surface area (Å²) >= 11 is 0. The molecule has 0 aromatic carbocycles. The number of pyridine rings is 1. The lowest BCUT2D eigenvalue weighted by atomic mass is 10.2. The highest BCUT2D eigenvalue weighted by Crippen LogP contribution is 2.18. The fraction of sp³-hybridized carbons (Fsp3) is 0.375. The van der Waals surface area contributed by atoms with Crippen LogP contribution >= 0.6 is 0 Å². The van der Waals surface area contributed by atoms with Crippen LogP contribution in [0.15, 0.2) is 36.9 Å². The summed E-state index contributed by atoms with van der Waals surface area (Å²) in [7, 11) is -1.44. The molecule has 0 radical (unpaired) electrons. The maximum Gasteiger partial charge on any atom is 0.272 e. The number of carbonyl (C=O) groups is 1. The quantitative estimate of drug-likeness (QED) is 0.837. The predicted octanol–water partition coefficient (Wildman–Crippen LogP) is 0.743. The van der Waals surface area contributed by atoms with Gasteiger partial charge in [0.05, 0.1) is 11.5 Å². The van der Waals surface area contributed by atoms with Crippen molar-refractivity contribution >= 4 is 21.6 Å². The Hall–Kier alpha value is -2.55. The first kappa shape index (κ1) is 17.3. The van der Waals surface area contributed by atoms with Gasteiger partial charge in [0.15, 0.2) is 9.84 Å². The Morgan fingerprint density at radius 1 is 1.40 bits per heavy atom. The number of aromatic nitrogens is 3. The van der Waals surface area contributed by atoms with E-state index in [-0.39, 0.29) is 29.1 Å². The van der Waals surface area contributed by atoms with E-state index in [0.717, 1.165) is 5.56 Å². The van der Waals surface area contributed by atoms with E-state index in [2.05, 4.69) is 20.3 Å². The maximum absolute atomic E-state index is 12.6. The summed E-state index contributed by atoms with van der Waals surface area (Å²) < 4.78 is 23.2. The van der Waals surface area contributed by atoms with E-state index in [1.54, 1.807) is 25.5 Å². The van der Waals surface area contributed by atoms with Crippen LogP contribution < -0.4 is 5.32 Å².